The molecule has 3 heterocycles. The van der Waals surface area contributed by atoms with E-state index in [2.05, 4.69) is 38.6 Å². The number of aromatic nitrogens is 2. The molecule has 0 bridgehead atoms. The topological polar surface area (TPSA) is 98.4 Å². The van der Waals surface area contributed by atoms with E-state index < -0.39 is 5.41 Å². The highest BCUT2D eigenvalue weighted by Gasteiger charge is 2.50. The number of nitrogens with two attached hydrogens (primary N) is 1. The predicted octanol–water partition coefficient (Wildman–Crippen LogP) is 3.75. The van der Waals surface area contributed by atoms with Gasteiger partial charge < -0.3 is 15.4 Å². The Morgan fingerprint density at radius 3 is 2.90 bits per heavy atom. The molecule has 3 rings (SSSR count). The van der Waals surface area contributed by atoms with E-state index in [4.69, 9.17) is 10.5 Å². The van der Waals surface area contributed by atoms with Crippen LogP contribution in [-0.4, -0.2) is 45.9 Å². The van der Waals surface area contributed by atoms with Crippen LogP contribution in [0.5, 0.6) is 0 Å². The Morgan fingerprint density at radius 1 is 1.39 bits per heavy atom. The van der Waals surface area contributed by atoms with Crippen molar-refractivity contribution in [2.24, 2.45) is 11.1 Å². The lowest BCUT2D eigenvalue weighted by molar-refractivity contribution is -0.163. The van der Waals surface area contributed by atoms with Gasteiger partial charge in [-0.15, -0.1) is 0 Å². The van der Waals surface area contributed by atoms with Crippen LogP contribution < -0.4 is 5.73 Å². The molecule has 1 saturated heterocycles. The third kappa shape index (κ3) is 5.53. The summed E-state index contributed by atoms with van der Waals surface area (Å²) < 4.78 is 5.84. The maximum atomic E-state index is 13.0. The normalized spacial score (nSPS) is 19.9. The molecular formula is C23H29IN4O3. The first-order chi connectivity index (χ1) is 14.9. The summed E-state index contributed by atoms with van der Waals surface area (Å²) >= 11 is 2.09. The molecule has 0 aliphatic carbocycles. The predicted molar refractivity (Wildman–Crippen MR) is 128 cm³/mol. The monoisotopic (exact) mass is 536 g/mol. The van der Waals surface area contributed by atoms with Gasteiger partial charge in [0, 0.05) is 33.6 Å². The Balaban J connectivity index is 1.51. The molecule has 2 aromatic rings. The summed E-state index contributed by atoms with van der Waals surface area (Å²) in [6, 6.07) is 7.66. The molecule has 2 aromatic heterocycles. The number of nitrogens with zero attached hydrogens (tertiary/aromatic N) is 3. The van der Waals surface area contributed by atoms with E-state index in [-0.39, 0.29) is 24.3 Å². The number of β-lactam (4-membered cyclic amide) rings is 1. The van der Waals surface area contributed by atoms with Gasteiger partial charge in [0.2, 0.25) is 5.91 Å². The molecule has 2 N–H and O–H groups in total. The van der Waals surface area contributed by atoms with E-state index in [9.17, 15) is 9.59 Å². The minimum absolute atomic E-state index is 0.0749. The maximum Gasteiger partial charge on any atom is 0.308 e. The number of fused-ring (bicyclic) bond motifs is 1. The number of aryl methyl sites for hydroxylation is 1. The zero-order chi connectivity index (χ0) is 22.4. The van der Waals surface area contributed by atoms with Gasteiger partial charge in [-0.1, -0.05) is 6.42 Å². The number of carbonyl (C=O) groups excluding carboxylic acids is 2. The zero-order valence-corrected chi connectivity index (χ0v) is 20.2. The molecule has 31 heavy (non-hydrogen) atoms. The summed E-state index contributed by atoms with van der Waals surface area (Å²) in [6.07, 6.45) is 6.90. The van der Waals surface area contributed by atoms with E-state index in [0.717, 1.165) is 46.0 Å². The molecule has 7 nitrogen and oxygen atoms in total. The third-order valence-electron chi connectivity index (χ3n) is 5.75. The third-order valence-corrected chi connectivity index (χ3v) is 6.83. The summed E-state index contributed by atoms with van der Waals surface area (Å²) in [6.45, 7) is 4.72. The SMILES string of the molecule is CCOC(=O)C[C@@H](/C(I)=C/N)N1CC(C)(CCCCc2ccc3cccnc3n2)C1=O. The van der Waals surface area contributed by atoms with Crippen molar-refractivity contribution >= 4 is 45.5 Å². The van der Waals surface area contributed by atoms with E-state index >= 15 is 0 Å². The summed E-state index contributed by atoms with van der Waals surface area (Å²) in [5, 5.41) is 1.04. The van der Waals surface area contributed by atoms with Crippen molar-refractivity contribution in [3.8, 4) is 0 Å². The van der Waals surface area contributed by atoms with Crippen LogP contribution in [0.3, 0.4) is 0 Å². The molecular weight excluding hydrogens is 507 g/mol. The van der Waals surface area contributed by atoms with Crippen LogP contribution in [0.2, 0.25) is 0 Å². The first kappa shape index (κ1) is 23.4. The van der Waals surface area contributed by atoms with Crippen molar-refractivity contribution in [1.29, 1.82) is 0 Å². The molecule has 1 amide bonds. The van der Waals surface area contributed by atoms with Gasteiger partial charge in [0.1, 0.15) is 0 Å². The highest BCUT2D eigenvalue weighted by molar-refractivity contribution is 14.1. The van der Waals surface area contributed by atoms with Crippen molar-refractivity contribution in [2.45, 2.75) is 52.0 Å². The van der Waals surface area contributed by atoms with E-state index in [0.29, 0.717) is 13.2 Å². The minimum Gasteiger partial charge on any atom is -0.466 e. The summed E-state index contributed by atoms with van der Waals surface area (Å²) in [5.74, 6) is -0.242. The Morgan fingerprint density at radius 2 is 2.19 bits per heavy atom. The summed E-state index contributed by atoms with van der Waals surface area (Å²) in [4.78, 5) is 35.6. The molecule has 1 fully saturated rings. The van der Waals surface area contributed by atoms with Gasteiger partial charge in [-0.25, -0.2) is 9.97 Å². The fourth-order valence-corrected chi connectivity index (χ4v) is 4.56. The summed E-state index contributed by atoms with van der Waals surface area (Å²) in [5.41, 5.74) is 7.07. The number of hydrogen-bond acceptors (Lipinski definition) is 6. The van der Waals surface area contributed by atoms with Crippen molar-refractivity contribution in [3.05, 3.63) is 45.9 Å². The van der Waals surface area contributed by atoms with Gasteiger partial charge in [-0.2, -0.15) is 0 Å². The fourth-order valence-electron chi connectivity index (χ4n) is 4.01. The summed E-state index contributed by atoms with van der Waals surface area (Å²) in [7, 11) is 0. The minimum atomic E-state index is -0.392. The molecule has 0 spiro atoms. The van der Waals surface area contributed by atoms with Gasteiger partial charge in [-0.3, -0.25) is 9.59 Å². The largest absolute Gasteiger partial charge is 0.466 e. The van der Waals surface area contributed by atoms with Crippen LogP contribution in [0, 0.1) is 5.41 Å². The van der Waals surface area contributed by atoms with Crippen molar-refractivity contribution in [2.75, 3.05) is 13.2 Å². The second-order valence-corrected chi connectivity index (χ2v) is 9.38. The molecule has 2 atom stereocenters. The van der Waals surface area contributed by atoms with Crippen LogP contribution in [0.25, 0.3) is 11.0 Å². The lowest BCUT2D eigenvalue weighted by Crippen LogP contribution is -2.63. The maximum absolute atomic E-state index is 13.0. The number of ether oxygens (including phenoxy) is 1. The molecule has 0 aromatic carbocycles. The number of pyridine rings is 2. The number of hydrogen-bond donors (Lipinski definition) is 1. The number of amides is 1. The van der Waals surface area contributed by atoms with Crippen LogP contribution in [0.1, 0.15) is 45.2 Å². The Kier molecular flexibility index (Phi) is 7.85. The lowest BCUT2D eigenvalue weighted by Gasteiger charge is -2.50. The number of carbonyl (C=O) groups is 2. The Hall–Kier alpha value is -2.23. The second-order valence-electron chi connectivity index (χ2n) is 8.13. The number of unbranched alkanes of at least 4 members (excludes halogenated alkanes) is 1. The first-order valence-electron chi connectivity index (χ1n) is 10.6. The lowest BCUT2D eigenvalue weighted by atomic mass is 9.75. The van der Waals surface area contributed by atoms with E-state index in [1.807, 2.05) is 25.1 Å². The standard InChI is InChI=1S/C23H29IN4O3/c1-3-31-20(29)13-19(18(24)14-25)28-15-23(2,22(28)30)11-5-4-8-17-10-9-16-7-6-12-26-21(16)27-17/h6-7,9-10,12,14,19H,3-5,8,11,13,15,25H2,1-2H3/b18-14-/t19-,23?/m0/s1. The average molecular weight is 536 g/mol. The van der Waals surface area contributed by atoms with Gasteiger partial charge in [-0.05, 0) is 80.0 Å². The van der Waals surface area contributed by atoms with Crippen LogP contribution in [0.4, 0.5) is 0 Å². The van der Waals surface area contributed by atoms with Gasteiger partial charge in [0.25, 0.3) is 0 Å². The highest BCUT2D eigenvalue weighted by Crippen LogP contribution is 2.40. The Labute approximate surface area is 196 Å². The van der Waals surface area contributed by atoms with Crippen LogP contribution in [-0.2, 0) is 20.7 Å². The first-order valence-corrected chi connectivity index (χ1v) is 11.7. The zero-order valence-electron chi connectivity index (χ0n) is 18.0. The van der Waals surface area contributed by atoms with Crippen LogP contribution >= 0.6 is 22.6 Å². The van der Waals surface area contributed by atoms with Crippen molar-refractivity contribution in [3.63, 3.8) is 0 Å². The molecule has 1 unspecified atom stereocenters. The molecule has 1 aliphatic rings. The molecule has 0 radical (unpaired) electrons. The molecule has 0 saturated carbocycles. The second kappa shape index (κ2) is 10.4. The average Bonchev–Trinajstić information content (AvgIpc) is 2.78. The number of halogens is 1. The van der Waals surface area contributed by atoms with E-state index in [1.165, 1.54) is 6.20 Å². The van der Waals surface area contributed by atoms with Crippen LogP contribution in [0.15, 0.2) is 40.2 Å². The smallest absolute Gasteiger partial charge is 0.308 e. The molecule has 1 aliphatic heterocycles. The number of rotatable bonds is 10. The van der Waals surface area contributed by atoms with E-state index in [1.54, 1.807) is 18.0 Å². The van der Waals surface area contributed by atoms with Gasteiger partial charge in [0.05, 0.1) is 24.5 Å². The molecule has 8 heteroatoms. The van der Waals surface area contributed by atoms with Gasteiger partial charge in [0.15, 0.2) is 5.65 Å². The molecule has 166 valence electrons. The Bertz CT molecular complexity index is 980. The number of esters is 1. The van der Waals surface area contributed by atoms with Gasteiger partial charge >= 0.3 is 5.97 Å². The highest BCUT2D eigenvalue weighted by atomic mass is 127. The van der Waals surface area contributed by atoms with Crippen molar-refractivity contribution < 1.29 is 14.3 Å². The number of likely N-dealkylation sites (tertiary alicyclic amines) is 1. The quantitative estimate of drug-likeness (QED) is 0.215. The fraction of sp³-hybridized carbons (Fsp3) is 0.478. The van der Waals surface area contributed by atoms with Crippen molar-refractivity contribution in [1.82, 2.24) is 14.9 Å².